The predicted molar refractivity (Wildman–Crippen MR) is 148 cm³/mol. The van der Waals surface area contributed by atoms with Gasteiger partial charge in [0.25, 0.3) is 5.91 Å². The number of nitrogens with one attached hydrogen (secondary N) is 1. The van der Waals surface area contributed by atoms with Crippen LogP contribution in [-0.4, -0.2) is 35.6 Å². The maximum absolute atomic E-state index is 13.5. The Balaban J connectivity index is 1.38. The highest BCUT2D eigenvalue weighted by Gasteiger charge is 2.39. The average molecular weight is 601 g/mol. The number of piperidine rings is 1. The highest BCUT2D eigenvalue weighted by Crippen LogP contribution is 2.37. The summed E-state index contributed by atoms with van der Waals surface area (Å²) in [6.07, 6.45) is -11.0. The maximum atomic E-state index is 13.5. The monoisotopic (exact) mass is 600 g/mol. The van der Waals surface area contributed by atoms with Crippen molar-refractivity contribution in [2.24, 2.45) is 0 Å². The molecule has 2 unspecified atom stereocenters. The molecule has 5 nitrogen and oxygen atoms in total. The first-order valence-electron chi connectivity index (χ1n) is 13.5. The Hall–Kier alpha value is -4.54. The van der Waals surface area contributed by atoms with E-state index in [1.54, 1.807) is 42.5 Å². The number of rotatable bonds is 5. The fourth-order valence-electron chi connectivity index (χ4n) is 5.34. The molecule has 4 aromatic rings. The van der Waals surface area contributed by atoms with Gasteiger partial charge in [-0.2, -0.15) is 26.3 Å². The van der Waals surface area contributed by atoms with E-state index in [2.05, 4.69) is 5.32 Å². The SMILES string of the molecule is O=C(Nc1cccc2ccccc12)OC1CCN(C(=O)c2cc(C(F)(F)F)cc(C(F)(F)F)c2)C(Cc2ccccc2)C1. The zero-order chi connectivity index (χ0) is 30.8. The fraction of sp³-hybridized carbons (Fsp3) is 0.250. The van der Waals surface area contributed by atoms with Crippen molar-refractivity contribution >= 4 is 28.5 Å². The number of carbonyl (C=O) groups is 2. The van der Waals surface area contributed by atoms with Crippen LogP contribution in [0.2, 0.25) is 0 Å². The van der Waals surface area contributed by atoms with Gasteiger partial charge in [0.2, 0.25) is 0 Å². The van der Waals surface area contributed by atoms with Gasteiger partial charge >= 0.3 is 18.4 Å². The largest absolute Gasteiger partial charge is 0.446 e. The summed E-state index contributed by atoms with van der Waals surface area (Å²) in [6.45, 7) is -0.0415. The highest BCUT2D eigenvalue weighted by atomic mass is 19.4. The van der Waals surface area contributed by atoms with Crippen LogP contribution >= 0.6 is 0 Å². The first-order chi connectivity index (χ1) is 20.4. The van der Waals surface area contributed by atoms with Crippen molar-refractivity contribution in [2.75, 3.05) is 11.9 Å². The Bertz CT molecular complexity index is 1580. The van der Waals surface area contributed by atoms with Crippen LogP contribution in [0.1, 0.15) is 39.9 Å². The van der Waals surface area contributed by atoms with E-state index in [0.29, 0.717) is 17.8 Å². The van der Waals surface area contributed by atoms with Gasteiger partial charge < -0.3 is 9.64 Å². The molecule has 1 fully saturated rings. The van der Waals surface area contributed by atoms with E-state index in [-0.39, 0.29) is 31.9 Å². The number of alkyl halides is 6. The molecular formula is C32H26F6N2O3. The van der Waals surface area contributed by atoms with Crippen LogP contribution in [0, 0.1) is 0 Å². The van der Waals surface area contributed by atoms with Crippen molar-refractivity contribution in [3.63, 3.8) is 0 Å². The minimum Gasteiger partial charge on any atom is -0.446 e. The molecule has 1 aliphatic rings. The Kier molecular flexibility index (Phi) is 8.34. The number of hydrogen-bond donors (Lipinski definition) is 1. The normalized spacial score (nSPS) is 17.5. The third kappa shape index (κ3) is 7.10. The number of anilines is 1. The third-order valence-corrected chi connectivity index (χ3v) is 7.38. The summed E-state index contributed by atoms with van der Waals surface area (Å²) in [7, 11) is 0. The summed E-state index contributed by atoms with van der Waals surface area (Å²) >= 11 is 0. The van der Waals surface area contributed by atoms with Crippen LogP contribution in [0.25, 0.3) is 10.8 Å². The van der Waals surface area contributed by atoms with Crippen LogP contribution in [0.15, 0.2) is 91.0 Å². The molecule has 1 saturated heterocycles. The van der Waals surface area contributed by atoms with Crippen molar-refractivity contribution in [1.82, 2.24) is 4.90 Å². The van der Waals surface area contributed by atoms with Gasteiger partial charge in [-0.25, -0.2) is 4.79 Å². The molecular weight excluding hydrogens is 574 g/mol. The number of fused-ring (bicyclic) bond motifs is 1. The predicted octanol–water partition coefficient (Wildman–Crippen LogP) is 8.34. The number of hydrogen-bond acceptors (Lipinski definition) is 3. The lowest BCUT2D eigenvalue weighted by Crippen LogP contribution is -2.49. The topological polar surface area (TPSA) is 58.6 Å². The molecule has 0 aromatic heterocycles. The van der Waals surface area contributed by atoms with Gasteiger partial charge in [-0.1, -0.05) is 66.7 Å². The summed E-state index contributed by atoms with van der Waals surface area (Å²) < 4.78 is 86.5. The molecule has 43 heavy (non-hydrogen) atoms. The third-order valence-electron chi connectivity index (χ3n) is 7.38. The summed E-state index contributed by atoms with van der Waals surface area (Å²) in [5.74, 6) is -0.962. The van der Waals surface area contributed by atoms with Crippen molar-refractivity contribution < 1.29 is 40.7 Å². The van der Waals surface area contributed by atoms with E-state index in [9.17, 15) is 35.9 Å². The maximum Gasteiger partial charge on any atom is 0.416 e. The van der Waals surface area contributed by atoms with Gasteiger partial charge in [0.1, 0.15) is 6.10 Å². The van der Waals surface area contributed by atoms with Gasteiger partial charge in [-0.3, -0.25) is 10.1 Å². The Morgan fingerprint density at radius 2 is 1.44 bits per heavy atom. The standard InChI is InChI=1S/C32H26F6N2O3/c33-31(34,35)23-16-22(17-24(18-23)32(36,37)38)29(41)40-14-13-26(19-25(40)15-20-7-2-1-3-8-20)43-30(42)39-28-12-6-10-21-9-4-5-11-27(21)28/h1-12,16-18,25-26H,13-15,19H2,(H,39,42). The van der Waals surface area contributed by atoms with Crippen molar-refractivity contribution in [2.45, 2.75) is 43.8 Å². The van der Waals surface area contributed by atoms with Gasteiger partial charge in [0, 0.05) is 36.4 Å². The van der Waals surface area contributed by atoms with E-state index in [0.717, 1.165) is 16.3 Å². The number of halogens is 6. The second-order valence-corrected chi connectivity index (χ2v) is 10.3. The second-order valence-electron chi connectivity index (χ2n) is 10.3. The lowest BCUT2D eigenvalue weighted by atomic mass is 9.92. The number of ether oxygens (including phenoxy) is 1. The van der Waals surface area contributed by atoms with Crippen LogP contribution in [-0.2, 0) is 23.5 Å². The van der Waals surface area contributed by atoms with Gasteiger partial charge in [0.15, 0.2) is 0 Å². The van der Waals surface area contributed by atoms with Crippen LogP contribution in [0.3, 0.4) is 0 Å². The zero-order valence-corrected chi connectivity index (χ0v) is 22.6. The summed E-state index contributed by atoms with van der Waals surface area (Å²) in [5.41, 5.74) is -2.50. The Labute approximate surface area is 243 Å². The molecule has 1 aliphatic heterocycles. The van der Waals surface area contributed by atoms with E-state index < -0.39 is 53.2 Å². The number of likely N-dealkylation sites (tertiary alicyclic amines) is 1. The van der Waals surface area contributed by atoms with Gasteiger partial charge in [0.05, 0.1) is 16.8 Å². The highest BCUT2D eigenvalue weighted by molar-refractivity contribution is 6.00. The first kappa shape index (κ1) is 29.9. The lowest BCUT2D eigenvalue weighted by molar-refractivity contribution is -0.143. The quantitative estimate of drug-likeness (QED) is 0.234. The zero-order valence-electron chi connectivity index (χ0n) is 22.6. The molecule has 0 spiro atoms. The molecule has 1 N–H and O–H groups in total. The molecule has 4 aromatic carbocycles. The number of carbonyl (C=O) groups excluding carboxylic acids is 2. The lowest BCUT2D eigenvalue weighted by Gasteiger charge is -2.39. The molecule has 224 valence electrons. The van der Waals surface area contributed by atoms with Crippen molar-refractivity contribution in [1.29, 1.82) is 0 Å². The molecule has 0 saturated carbocycles. The molecule has 0 radical (unpaired) electrons. The smallest absolute Gasteiger partial charge is 0.416 e. The average Bonchev–Trinajstić information content (AvgIpc) is 2.96. The minimum absolute atomic E-state index is 0.00708. The fourth-order valence-corrected chi connectivity index (χ4v) is 5.34. The van der Waals surface area contributed by atoms with Crippen LogP contribution < -0.4 is 5.32 Å². The molecule has 1 heterocycles. The molecule has 0 bridgehead atoms. The summed E-state index contributed by atoms with van der Waals surface area (Å²) in [4.78, 5) is 27.7. The minimum atomic E-state index is -5.09. The molecule has 11 heteroatoms. The molecule has 5 rings (SSSR count). The van der Waals surface area contributed by atoms with Gasteiger partial charge in [-0.15, -0.1) is 0 Å². The Morgan fingerprint density at radius 3 is 2.12 bits per heavy atom. The molecule has 2 atom stereocenters. The van der Waals surface area contributed by atoms with Gasteiger partial charge in [-0.05, 0) is 41.6 Å². The van der Waals surface area contributed by atoms with E-state index in [1.165, 1.54) is 4.90 Å². The Morgan fingerprint density at radius 1 is 0.814 bits per heavy atom. The molecule has 0 aliphatic carbocycles. The number of nitrogens with zero attached hydrogens (tertiary/aromatic N) is 1. The first-order valence-corrected chi connectivity index (χ1v) is 13.5. The molecule has 2 amide bonds. The number of amides is 2. The van der Waals surface area contributed by atoms with E-state index >= 15 is 0 Å². The summed E-state index contributed by atoms with van der Waals surface area (Å²) in [5, 5.41) is 4.47. The second kappa shape index (κ2) is 12.0. The van der Waals surface area contributed by atoms with Crippen molar-refractivity contribution in [3.8, 4) is 0 Å². The summed E-state index contributed by atoms with van der Waals surface area (Å²) in [6, 6.07) is 22.0. The van der Waals surface area contributed by atoms with E-state index in [1.807, 2.05) is 30.3 Å². The van der Waals surface area contributed by atoms with Crippen LogP contribution in [0.5, 0.6) is 0 Å². The van der Waals surface area contributed by atoms with Crippen molar-refractivity contribution in [3.05, 3.63) is 113 Å². The van der Waals surface area contributed by atoms with E-state index in [4.69, 9.17) is 4.74 Å². The van der Waals surface area contributed by atoms with Crippen LogP contribution in [0.4, 0.5) is 36.8 Å². The number of benzene rings is 4.